The van der Waals surface area contributed by atoms with E-state index in [1.165, 1.54) is 5.56 Å². The highest BCUT2D eigenvalue weighted by atomic mass is 16.5. The van der Waals surface area contributed by atoms with Gasteiger partial charge in [-0.15, -0.1) is 0 Å². The Morgan fingerprint density at radius 2 is 2.06 bits per heavy atom. The second kappa shape index (κ2) is 5.45. The van der Waals surface area contributed by atoms with Crippen LogP contribution >= 0.6 is 0 Å². The lowest BCUT2D eigenvalue weighted by Gasteiger charge is -2.02. The lowest BCUT2D eigenvalue weighted by molar-refractivity contribution is 0.174. The summed E-state index contributed by atoms with van der Waals surface area (Å²) in [5.41, 5.74) is 2.26. The summed E-state index contributed by atoms with van der Waals surface area (Å²) in [6.07, 6.45) is 0. The predicted octanol–water partition coefficient (Wildman–Crippen LogP) is 2.14. The highest BCUT2D eigenvalue weighted by Crippen LogP contribution is 2.10. The first kappa shape index (κ1) is 11.6. The molecule has 1 heterocycles. The molecule has 17 heavy (non-hydrogen) atoms. The fourth-order valence-corrected chi connectivity index (χ4v) is 1.40. The molecule has 5 heteroatoms. The minimum atomic E-state index is 0.369. The zero-order valence-corrected chi connectivity index (χ0v) is 9.93. The summed E-state index contributed by atoms with van der Waals surface area (Å²) >= 11 is 0. The first-order chi connectivity index (χ1) is 8.28. The van der Waals surface area contributed by atoms with E-state index in [4.69, 9.17) is 9.26 Å². The van der Waals surface area contributed by atoms with Gasteiger partial charge < -0.3 is 14.6 Å². The van der Waals surface area contributed by atoms with Gasteiger partial charge in [0.1, 0.15) is 6.61 Å². The Kier molecular flexibility index (Phi) is 3.72. The van der Waals surface area contributed by atoms with E-state index >= 15 is 0 Å². The van der Waals surface area contributed by atoms with Crippen molar-refractivity contribution in [3.8, 4) is 0 Å². The Labute approximate surface area is 99.8 Å². The van der Waals surface area contributed by atoms with Gasteiger partial charge in [0.05, 0.1) is 6.54 Å². The van der Waals surface area contributed by atoms with Crippen LogP contribution < -0.4 is 5.32 Å². The SMILES string of the molecule is COCc1noc(CNc2ccc(C)cc2)n1. The van der Waals surface area contributed by atoms with Crippen molar-refractivity contribution in [2.75, 3.05) is 12.4 Å². The van der Waals surface area contributed by atoms with E-state index in [-0.39, 0.29) is 0 Å². The zero-order valence-electron chi connectivity index (χ0n) is 9.93. The van der Waals surface area contributed by atoms with Gasteiger partial charge in [0.15, 0.2) is 5.82 Å². The molecule has 0 radical (unpaired) electrons. The molecule has 0 aliphatic heterocycles. The predicted molar refractivity (Wildman–Crippen MR) is 63.5 cm³/mol. The van der Waals surface area contributed by atoms with E-state index in [2.05, 4.69) is 22.4 Å². The average molecular weight is 233 g/mol. The van der Waals surface area contributed by atoms with Gasteiger partial charge in [-0.1, -0.05) is 22.9 Å². The Bertz CT molecular complexity index is 465. The van der Waals surface area contributed by atoms with Crippen LogP contribution in [-0.4, -0.2) is 17.3 Å². The number of anilines is 1. The molecule has 0 fully saturated rings. The van der Waals surface area contributed by atoms with E-state index in [0.717, 1.165) is 5.69 Å². The minimum absolute atomic E-state index is 0.369. The van der Waals surface area contributed by atoms with Gasteiger partial charge in [-0.25, -0.2) is 0 Å². The maximum Gasteiger partial charge on any atom is 0.246 e. The van der Waals surface area contributed by atoms with Crippen molar-refractivity contribution in [3.05, 3.63) is 41.5 Å². The third-order valence-electron chi connectivity index (χ3n) is 2.28. The second-order valence-corrected chi connectivity index (χ2v) is 3.76. The average Bonchev–Trinajstić information content (AvgIpc) is 2.77. The largest absolute Gasteiger partial charge is 0.377 e. The summed E-state index contributed by atoms with van der Waals surface area (Å²) in [6.45, 7) is 2.94. The van der Waals surface area contributed by atoms with E-state index in [0.29, 0.717) is 24.9 Å². The standard InChI is InChI=1S/C12H15N3O2/c1-9-3-5-10(6-4-9)13-7-12-14-11(8-16-2)15-17-12/h3-6,13H,7-8H2,1-2H3. The van der Waals surface area contributed by atoms with Gasteiger partial charge >= 0.3 is 0 Å². The molecule has 0 unspecified atom stereocenters. The van der Waals surface area contributed by atoms with Gasteiger partial charge in [-0.2, -0.15) is 4.98 Å². The molecule has 90 valence electrons. The van der Waals surface area contributed by atoms with Crippen LogP contribution in [-0.2, 0) is 17.9 Å². The number of methoxy groups -OCH3 is 1. The van der Waals surface area contributed by atoms with Crippen molar-refractivity contribution < 1.29 is 9.26 Å². The first-order valence-corrected chi connectivity index (χ1v) is 5.39. The van der Waals surface area contributed by atoms with Gasteiger partial charge in [0.25, 0.3) is 0 Å². The topological polar surface area (TPSA) is 60.2 Å². The highest BCUT2D eigenvalue weighted by molar-refractivity contribution is 5.44. The lowest BCUT2D eigenvalue weighted by atomic mass is 10.2. The number of nitrogens with zero attached hydrogens (tertiary/aromatic N) is 2. The lowest BCUT2D eigenvalue weighted by Crippen LogP contribution is -2.00. The Hall–Kier alpha value is -1.88. The third-order valence-corrected chi connectivity index (χ3v) is 2.28. The molecular weight excluding hydrogens is 218 g/mol. The first-order valence-electron chi connectivity index (χ1n) is 5.39. The molecule has 0 aliphatic rings. The smallest absolute Gasteiger partial charge is 0.246 e. The molecule has 0 saturated heterocycles. The minimum Gasteiger partial charge on any atom is -0.377 e. The molecule has 0 aliphatic carbocycles. The Balaban J connectivity index is 1.90. The number of rotatable bonds is 5. The molecular formula is C12H15N3O2. The maximum absolute atomic E-state index is 5.06. The summed E-state index contributed by atoms with van der Waals surface area (Å²) in [4.78, 5) is 4.17. The molecule has 2 aromatic rings. The van der Waals surface area contributed by atoms with Crippen LogP contribution in [0.3, 0.4) is 0 Å². The van der Waals surface area contributed by atoms with Gasteiger partial charge in [0.2, 0.25) is 5.89 Å². The fourth-order valence-electron chi connectivity index (χ4n) is 1.40. The van der Waals surface area contributed by atoms with Crippen molar-refractivity contribution in [1.82, 2.24) is 10.1 Å². The Morgan fingerprint density at radius 3 is 2.76 bits per heavy atom. The van der Waals surface area contributed by atoms with Crippen LogP contribution in [0.2, 0.25) is 0 Å². The van der Waals surface area contributed by atoms with E-state index in [1.54, 1.807) is 7.11 Å². The normalized spacial score (nSPS) is 10.5. The molecule has 1 aromatic heterocycles. The molecule has 0 amide bonds. The number of hydrogen-bond donors (Lipinski definition) is 1. The zero-order chi connectivity index (χ0) is 12.1. The number of ether oxygens (including phenoxy) is 1. The van der Waals surface area contributed by atoms with Crippen LogP contribution in [0.25, 0.3) is 0 Å². The summed E-state index contributed by atoms with van der Waals surface area (Å²) in [5.74, 6) is 1.12. The third kappa shape index (κ3) is 3.29. The van der Waals surface area contributed by atoms with Gasteiger partial charge in [-0.3, -0.25) is 0 Å². The molecule has 0 saturated carbocycles. The van der Waals surface area contributed by atoms with Crippen LogP contribution in [0.5, 0.6) is 0 Å². The number of aryl methyl sites for hydroxylation is 1. The van der Waals surface area contributed by atoms with E-state index < -0.39 is 0 Å². The molecule has 1 aromatic carbocycles. The number of benzene rings is 1. The quantitative estimate of drug-likeness (QED) is 0.857. The van der Waals surface area contributed by atoms with Gasteiger partial charge in [0, 0.05) is 12.8 Å². The molecule has 0 atom stereocenters. The molecule has 1 N–H and O–H groups in total. The maximum atomic E-state index is 5.06. The molecule has 2 rings (SSSR count). The molecule has 0 spiro atoms. The van der Waals surface area contributed by atoms with E-state index in [1.807, 2.05) is 24.3 Å². The molecule has 5 nitrogen and oxygen atoms in total. The van der Waals surface area contributed by atoms with Crippen LogP contribution in [0.4, 0.5) is 5.69 Å². The van der Waals surface area contributed by atoms with Crippen molar-refractivity contribution in [3.63, 3.8) is 0 Å². The Morgan fingerprint density at radius 1 is 1.29 bits per heavy atom. The van der Waals surface area contributed by atoms with Crippen molar-refractivity contribution in [2.45, 2.75) is 20.1 Å². The van der Waals surface area contributed by atoms with Crippen molar-refractivity contribution in [1.29, 1.82) is 0 Å². The number of hydrogen-bond acceptors (Lipinski definition) is 5. The summed E-state index contributed by atoms with van der Waals surface area (Å²) < 4.78 is 9.97. The second-order valence-electron chi connectivity index (χ2n) is 3.76. The van der Waals surface area contributed by atoms with Crippen LogP contribution in [0, 0.1) is 6.92 Å². The number of nitrogens with one attached hydrogen (secondary N) is 1. The fraction of sp³-hybridized carbons (Fsp3) is 0.333. The molecule has 0 bridgehead atoms. The summed E-state index contributed by atoms with van der Waals surface area (Å²) in [6, 6.07) is 8.13. The highest BCUT2D eigenvalue weighted by Gasteiger charge is 2.05. The van der Waals surface area contributed by atoms with Crippen molar-refractivity contribution in [2.24, 2.45) is 0 Å². The van der Waals surface area contributed by atoms with E-state index in [9.17, 15) is 0 Å². The van der Waals surface area contributed by atoms with Crippen LogP contribution in [0.15, 0.2) is 28.8 Å². The summed E-state index contributed by atoms with van der Waals surface area (Å²) in [5, 5.41) is 6.99. The number of aromatic nitrogens is 2. The van der Waals surface area contributed by atoms with Crippen molar-refractivity contribution >= 4 is 5.69 Å². The monoisotopic (exact) mass is 233 g/mol. The van der Waals surface area contributed by atoms with Crippen LogP contribution in [0.1, 0.15) is 17.3 Å². The van der Waals surface area contributed by atoms with Gasteiger partial charge in [-0.05, 0) is 19.1 Å². The summed E-state index contributed by atoms with van der Waals surface area (Å²) in [7, 11) is 1.60.